The Hall–Kier alpha value is -1.41. The summed E-state index contributed by atoms with van der Waals surface area (Å²) in [6.07, 6.45) is 2.22. The van der Waals surface area contributed by atoms with Crippen molar-refractivity contribution in [3.8, 4) is 0 Å². The Morgan fingerprint density at radius 3 is 2.43 bits per heavy atom. The topological polar surface area (TPSA) is 0 Å². The standard InChI is InChI=1S/C18H17ClF2/c1-11-8-13(10-12-2-4-14(19)5-3-12)18-15(9-11)16(20)6-7-17(18)21/h2-7,11,13H,8-10H2,1H3. The van der Waals surface area contributed by atoms with Crippen LogP contribution in [0.3, 0.4) is 0 Å². The monoisotopic (exact) mass is 306 g/mol. The van der Waals surface area contributed by atoms with Gasteiger partial charge in [-0.3, -0.25) is 0 Å². The Morgan fingerprint density at radius 2 is 1.71 bits per heavy atom. The Kier molecular flexibility index (Phi) is 3.99. The Bertz CT molecular complexity index is 649. The van der Waals surface area contributed by atoms with E-state index < -0.39 is 0 Å². The third-order valence-corrected chi connectivity index (χ3v) is 4.54. The second-order valence-electron chi connectivity index (χ2n) is 5.99. The minimum absolute atomic E-state index is 0.0284. The SMILES string of the molecule is CC1Cc2c(F)ccc(F)c2C(Cc2ccc(Cl)cc2)C1. The lowest BCUT2D eigenvalue weighted by Crippen LogP contribution is -2.21. The lowest BCUT2D eigenvalue weighted by Gasteiger charge is -2.30. The van der Waals surface area contributed by atoms with Crippen molar-refractivity contribution in [1.29, 1.82) is 0 Å². The van der Waals surface area contributed by atoms with Crippen LogP contribution in [0, 0.1) is 17.6 Å². The maximum atomic E-state index is 14.2. The highest BCUT2D eigenvalue weighted by molar-refractivity contribution is 6.30. The van der Waals surface area contributed by atoms with Gasteiger partial charge >= 0.3 is 0 Å². The zero-order valence-corrected chi connectivity index (χ0v) is 12.6. The molecule has 0 aromatic heterocycles. The number of hydrogen-bond acceptors (Lipinski definition) is 0. The van der Waals surface area contributed by atoms with Gasteiger partial charge in [-0.05, 0) is 72.1 Å². The molecule has 2 atom stereocenters. The predicted molar refractivity (Wildman–Crippen MR) is 81.7 cm³/mol. The first-order valence-electron chi connectivity index (χ1n) is 7.26. The van der Waals surface area contributed by atoms with E-state index in [1.807, 2.05) is 24.3 Å². The van der Waals surface area contributed by atoms with Gasteiger partial charge < -0.3 is 0 Å². The molecule has 0 aliphatic heterocycles. The molecule has 0 bridgehead atoms. The maximum Gasteiger partial charge on any atom is 0.127 e. The number of hydrogen-bond donors (Lipinski definition) is 0. The van der Waals surface area contributed by atoms with Gasteiger partial charge in [-0.25, -0.2) is 8.78 Å². The molecule has 2 aromatic carbocycles. The zero-order chi connectivity index (χ0) is 15.0. The van der Waals surface area contributed by atoms with Gasteiger partial charge in [0.2, 0.25) is 0 Å². The van der Waals surface area contributed by atoms with Crippen LogP contribution < -0.4 is 0 Å². The predicted octanol–water partition coefficient (Wildman–Crippen LogP) is 5.53. The summed E-state index contributed by atoms with van der Waals surface area (Å²) in [5.74, 6) is -0.164. The van der Waals surface area contributed by atoms with E-state index in [4.69, 9.17) is 11.6 Å². The highest BCUT2D eigenvalue weighted by Gasteiger charge is 2.29. The lowest BCUT2D eigenvalue weighted by atomic mass is 9.75. The van der Waals surface area contributed by atoms with Crippen LogP contribution in [-0.4, -0.2) is 0 Å². The van der Waals surface area contributed by atoms with Crippen molar-refractivity contribution in [2.24, 2.45) is 5.92 Å². The molecule has 0 spiro atoms. The van der Waals surface area contributed by atoms with Crippen LogP contribution in [0.25, 0.3) is 0 Å². The van der Waals surface area contributed by atoms with Gasteiger partial charge in [0, 0.05) is 5.02 Å². The molecule has 3 heteroatoms. The van der Waals surface area contributed by atoms with E-state index >= 15 is 0 Å². The average Bonchev–Trinajstić information content (AvgIpc) is 2.45. The molecule has 1 aliphatic carbocycles. The molecule has 2 aromatic rings. The maximum absolute atomic E-state index is 14.2. The van der Waals surface area contributed by atoms with Gasteiger partial charge in [0.25, 0.3) is 0 Å². The minimum atomic E-state index is -0.280. The molecule has 0 heterocycles. The quantitative estimate of drug-likeness (QED) is 0.684. The summed E-state index contributed by atoms with van der Waals surface area (Å²) in [6, 6.07) is 10.1. The molecule has 0 N–H and O–H groups in total. The van der Waals surface area contributed by atoms with E-state index in [0.29, 0.717) is 28.5 Å². The summed E-state index contributed by atoms with van der Waals surface area (Å²) in [6.45, 7) is 2.10. The van der Waals surface area contributed by atoms with Crippen LogP contribution in [0.4, 0.5) is 8.78 Å². The van der Waals surface area contributed by atoms with Crippen molar-refractivity contribution in [1.82, 2.24) is 0 Å². The van der Waals surface area contributed by atoms with Crippen molar-refractivity contribution >= 4 is 11.6 Å². The molecular weight excluding hydrogens is 290 g/mol. The number of fused-ring (bicyclic) bond motifs is 1. The van der Waals surface area contributed by atoms with E-state index in [1.54, 1.807) is 0 Å². The van der Waals surface area contributed by atoms with Crippen molar-refractivity contribution in [2.45, 2.75) is 32.1 Å². The van der Waals surface area contributed by atoms with E-state index in [9.17, 15) is 8.78 Å². The first-order chi connectivity index (χ1) is 10.0. The van der Waals surface area contributed by atoms with Crippen LogP contribution in [0.2, 0.25) is 5.02 Å². The third-order valence-electron chi connectivity index (χ3n) is 4.29. The molecule has 0 saturated heterocycles. The van der Waals surface area contributed by atoms with Crippen LogP contribution in [0.5, 0.6) is 0 Å². The Labute approximate surface area is 128 Å². The van der Waals surface area contributed by atoms with E-state index in [-0.39, 0.29) is 17.6 Å². The number of halogens is 3. The fourth-order valence-corrected chi connectivity index (χ4v) is 3.51. The fourth-order valence-electron chi connectivity index (χ4n) is 3.38. The molecule has 3 rings (SSSR count). The van der Waals surface area contributed by atoms with Gasteiger partial charge in [-0.1, -0.05) is 30.7 Å². The minimum Gasteiger partial charge on any atom is -0.207 e. The largest absolute Gasteiger partial charge is 0.207 e. The number of benzene rings is 2. The molecule has 0 fully saturated rings. The van der Waals surface area contributed by atoms with Gasteiger partial charge in [0.05, 0.1) is 0 Å². The van der Waals surface area contributed by atoms with Gasteiger partial charge in [0.1, 0.15) is 11.6 Å². The third kappa shape index (κ3) is 2.96. The molecule has 0 nitrogen and oxygen atoms in total. The van der Waals surface area contributed by atoms with Crippen molar-refractivity contribution < 1.29 is 8.78 Å². The van der Waals surface area contributed by atoms with Crippen molar-refractivity contribution in [3.63, 3.8) is 0 Å². The lowest BCUT2D eigenvalue weighted by molar-refractivity contribution is 0.401. The summed E-state index contributed by atoms with van der Waals surface area (Å²) in [5.41, 5.74) is 2.24. The Morgan fingerprint density at radius 1 is 1.05 bits per heavy atom. The average molecular weight is 307 g/mol. The van der Waals surface area contributed by atoms with Crippen LogP contribution in [0.1, 0.15) is 36.0 Å². The summed E-state index contributed by atoms with van der Waals surface area (Å²) >= 11 is 5.90. The molecule has 21 heavy (non-hydrogen) atoms. The summed E-state index contributed by atoms with van der Waals surface area (Å²) in [4.78, 5) is 0. The summed E-state index contributed by atoms with van der Waals surface area (Å²) in [5, 5.41) is 0.688. The van der Waals surface area contributed by atoms with Gasteiger partial charge in [-0.2, -0.15) is 0 Å². The second-order valence-corrected chi connectivity index (χ2v) is 6.43. The molecule has 2 unspecified atom stereocenters. The molecule has 1 aliphatic rings. The molecule has 0 radical (unpaired) electrons. The number of rotatable bonds is 2. The molecule has 110 valence electrons. The van der Waals surface area contributed by atoms with Gasteiger partial charge in [-0.15, -0.1) is 0 Å². The normalized spacial score (nSPS) is 21.1. The highest BCUT2D eigenvalue weighted by Crippen LogP contribution is 2.39. The summed E-state index contributed by atoms with van der Waals surface area (Å²) < 4.78 is 28.2. The fraction of sp³-hybridized carbons (Fsp3) is 0.333. The van der Waals surface area contributed by atoms with Crippen LogP contribution >= 0.6 is 11.6 Å². The summed E-state index contributed by atoms with van der Waals surface area (Å²) in [7, 11) is 0. The van der Waals surface area contributed by atoms with Crippen molar-refractivity contribution in [3.05, 3.63) is 69.7 Å². The molecular formula is C18H17ClF2. The van der Waals surface area contributed by atoms with Gasteiger partial charge in [0.15, 0.2) is 0 Å². The first-order valence-corrected chi connectivity index (χ1v) is 7.63. The smallest absolute Gasteiger partial charge is 0.127 e. The highest BCUT2D eigenvalue weighted by atomic mass is 35.5. The molecule has 0 amide bonds. The Balaban J connectivity index is 1.97. The molecule has 0 saturated carbocycles. The van der Waals surface area contributed by atoms with Crippen molar-refractivity contribution in [2.75, 3.05) is 0 Å². The van der Waals surface area contributed by atoms with E-state index in [0.717, 1.165) is 18.4 Å². The second kappa shape index (κ2) is 5.76. The first kappa shape index (κ1) is 14.5. The van der Waals surface area contributed by atoms with E-state index in [2.05, 4.69) is 6.92 Å². The van der Waals surface area contributed by atoms with E-state index in [1.165, 1.54) is 12.1 Å². The zero-order valence-electron chi connectivity index (χ0n) is 11.9. The van der Waals surface area contributed by atoms with Crippen LogP contribution in [0.15, 0.2) is 36.4 Å². The van der Waals surface area contributed by atoms with Crippen LogP contribution in [-0.2, 0) is 12.8 Å².